The van der Waals surface area contributed by atoms with E-state index >= 15 is 0 Å². The first kappa shape index (κ1) is 18.9. The number of likely N-dealkylation sites (tertiary alicyclic amines) is 1. The fourth-order valence-electron chi connectivity index (χ4n) is 4.71. The van der Waals surface area contributed by atoms with Crippen LogP contribution in [0.2, 0.25) is 0 Å². The summed E-state index contributed by atoms with van der Waals surface area (Å²) in [5.41, 5.74) is -0.242. The summed E-state index contributed by atoms with van der Waals surface area (Å²) in [5, 5.41) is 9.10. The average Bonchev–Trinajstić information content (AvgIpc) is 3.38. The molecule has 1 saturated heterocycles. The molecule has 0 bridgehead atoms. The second-order valence-electron chi connectivity index (χ2n) is 8.95. The molecular weight excluding hydrogens is 342 g/mol. The van der Waals surface area contributed by atoms with Gasteiger partial charge < -0.3 is 19.1 Å². The van der Waals surface area contributed by atoms with Crippen molar-refractivity contribution in [1.29, 1.82) is 0 Å². The van der Waals surface area contributed by atoms with E-state index in [0.29, 0.717) is 24.5 Å². The van der Waals surface area contributed by atoms with Gasteiger partial charge in [0.25, 0.3) is 0 Å². The maximum absolute atomic E-state index is 13.1. The SMILES string of the molecule is COCC1(C(=O)N2CCC(c3nnc(CN(C)C)n3C3CC3)CC2)CCC1. The topological polar surface area (TPSA) is 63.5 Å². The standard InChI is InChI=1S/C20H33N5O2/c1-23(2)13-17-21-22-18(25(17)16-5-6-16)15-7-11-24(12-8-15)19(26)20(14-27-3)9-4-10-20/h15-16H,4-14H2,1-3H3. The van der Waals surface area contributed by atoms with Gasteiger partial charge in [-0.15, -0.1) is 10.2 Å². The van der Waals surface area contributed by atoms with Crippen LogP contribution in [0.1, 0.15) is 68.6 Å². The number of aromatic nitrogens is 3. The highest BCUT2D eigenvalue weighted by molar-refractivity contribution is 5.84. The zero-order chi connectivity index (χ0) is 19.0. The number of hydrogen-bond donors (Lipinski definition) is 0. The van der Waals surface area contributed by atoms with Crippen LogP contribution in [0.25, 0.3) is 0 Å². The van der Waals surface area contributed by atoms with Crippen molar-refractivity contribution in [3.63, 3.8) is 0 Å². The lowest BCUT2D eigenvalue weighted by Crippen LogP contribution is -2.52. The minimum atomic E-state index is -0.242. The molecule has 2 heterocycles. The number of nitrogens with zero attached hydrogens (tertiary/aromatic N) is 5. The molecule has 7 heteroatoms. The van der Waals surface area contributed by atoms with E-state index in [0.717, 1.165) is 63.4 Å². The number of amides is 1. The molecule has 1 amide bonds. The van der Waals surface area contributed by atoms with Crippen LogP contribution in [-0.2, 0) is 16.1 Å². The molecule has 3 fully saturated rings. The zero-order valence-corrected chi connectivity index (χ0v) is 17.0. The van der Waals surface area contributed by atoms with E-state index in [2.05, 4.69) is 38.7 Å². The van der Waals surface area contributed by atoms with Crippen molar-refractivity contribution in [2.75, 3.05) is 40.9 Å². The minimum Gasteiger partial charge on any atom is -0.384 e. The predicted octanol–water partition coefficient (Wildman–Crippen LogP) is 2.20. The Hall–Kier alpha value is -1.47. The van der Waals surface area contributed by atoms with Crippen LogP contribution in [0.3, 0.4) is 0 Å². The van der Waals surface area contributed by atoms with Crippen LogP contribution in [-0.4, -0.2) is 71.4 Å². The number of carbonyl (C=O) groups is 1. The highest BCUT2D eigenvalue weighted by atomic mass is 16.5. The Balaban J connectivity index is 1.42. The Labute approximate surface area is 162 Å². The lowest BCUT2D eigenvalue weighted by atomic mass is 9.68. The summed E-state index contributed by atoms with van der Waals surface area (Å²) in [6, 6.07) is 0.588. The molecule has 1 aliphatic heterocycles. The molecule has 0 atom stereocenters. The van der Waals surface area contributed by atoms with Gasteiger partial charge in [0, 0.05) is 32.2 Å². The van der Waals surface area contributed by atoms with Gasteiger partial charge in [-0.25, -0.2) is 0 Å². The van der Waals surface area contributed by atoms with Gasteiger partial charge in [0.2, 0.25) is 5.91 Å². The normalized spacial score (nSPS) is 22.9. The number of methoxy groups -OCH3 is 1. The molecular formula is C20H33N5O2. The molecule has 2 aliphatic carbocycles. The van der Waals surface area contributed by atoms with Crippen LogP contribution in [0.15, 0.2) is 0 Å². The van der Waals surface area contributed by atoms with E-state index in [1.807, 2.05) is 0 Å². The Bertz CT molecular complexity index is 670. The Morgan fingerprint density at radius 1 is 1.19 bits per heavy atom. The molecule has 0 N–H and O–H groups in total. The zero-order valence-electron chi connectivity index (χ0n) is 17.0. The fourth-order valence-corrected chi connectivity index (χ4v) is 4.71. The summed E-state index contributed by atoms with van der Waals surface area (Å²) in [6.07, 6.45) is 7.55. The Kier molecular flexibility index (Phi) is 5.25. The van der Waals surface area contributed by atoms with Gasteiger partial charge in [0.15, 0.2) is 0 Å². The van der Waals surface area contributed by atoms with Crippen molar-refractivity contribution in [2.24, 2.45) is 5.41 Å². The van der Waals surface area contributed by atoms with Gasteiger partial charge in [-0.1, -0.05) is 6.42 Å². The first-order valence-electron chi connectivity index (χ1n) is 10.4. The Morgan fingerprint density at radius 2 is 1.89 bits per heavy atom. The van der Waals surface area contributed by atoms with E-state index in [-0.39, 0.29) is 5.41 Å². The summed E-state index contributed by atoms with van der Waals surface area (Å²) >= 11 is 0. The molecule has 150 valence electrons. The van der Waals surface area contributed by atoms with E-state index in [9.17, 15) is 4.79 Å². The summed E-state index contributed by atoms with van der Waals surface area (Å²) in [4.78, 5) is 17.3. The molecule has 2 saturated carbocycles. The molecule has 1 aromatic rings. The van der Waals surface area contributed by atoms with Crippen molar-refractivity contribution in [2.45, 2.75) is 63.5 Å². The van der Waals surface area contributed by atoms with Gasteiger partial charge in [0.1, 0.15) is 11.6 Å². The van der Waals surface area contributed by atoms with Crippen LogP contribution in [0.5, 0.6) is 0 Å². The second-order valence-corrected chi connectivity index (χ2v) is 8.95. The highest BCUT2D eigenvalue weighted by Crippen LogP contribution is 2.44. The minimum absolute atomic E-state index is 0.242. The van der Waals surface area contributed by atoms with Gasteiger partial charge >= 0.3 is 0 Å². The van der Waals surface area contributed by atoms with Gasteiger partial charge in [-0.05, 0) is 52.6 Å². The molecule has 0 spiro atoms. The largest absolute Gasteiger partial charge is 0.384 e. The summed E-state index contributed by atoms with van der Waals surface area (Å²) in [5.74, 6) is 2.96. The summed E-state index contributed by atoms with van der Waals surface area (Å²) < 4.78 is 7.77. The molecule has 0 aromatic carbocycles. The molecule has 0 radical (unpaired) electrons. The third-order valence-corrected chi connectivity index (χ3v) is 6.49. The first-order chi connectivity index (χ1) is 13.0. The number of rotatable bonds is 7. The quantitative estimate of drug-likeness (QED) is 0.731. The average molecular weight is 376 g/mol. The van der Waals surface area contributed by atoms with Crippen LogP contribution >= 0.6 is 0 Å². The number of piperidine rings is 1. The fraction of sp³-hybridized carbons (Fsp3) is 0.850. The van der Waals surface area contributed by atoms with Gasteiger partial charge in [-0.3, -0.25) is 4.79 Å². The van der Waals surface area contributed by atoms with Crippen molar-refractivity contribution in [1.82, 2.24) is 24.6 Å². The third kappa shape index (κ3) is 3.63. The van der Waals surface area contributed by atoms with Crippen LogP contribution in [0, 0.1) is 5.41 Å². The molecule has 1 aromatic heterocycles. The van der Waals surface area contributed by atoms with E-state index in [1.165, 1.54) is 12.8 Å². The van der Waals surface area contributed by atoms with E-state index in [1.54, 1.807) is 7.11 Å². The first-order valence-corrected chi connectivity index (χ1v) is 10.4. The smallest absolute Gasteiger partial charge is 0.231 e. The van der Waals surface area contributed by atoms with Crippen LogP contribution in [0.4, 0.5) is 0 Å². The maximum Gasteiger partial charge on any atom is 0.231 e. The second kappa shape index (κ2) is 7.51. The third-order valence-electron chi connectivity index (χ3n) is 6.49. The molecule has 27 heavy (non-hydrogen) atoms. The van der Waals surface area contributed by atoms with E-state index in [4.69, 9.17) is 4.74 Å². The molecule has 4 rings (SSSR count). The molecule has 0 unspecified atom stereocenters. The van der Waals surface area contributed by atoms with Crippen molar-refractivity contribution in [3.05, 3.63) is 11.6 Å². The van der Waals surface area contributed by atoms with Crippen molar-refractivity contribution >= 4 is 5.91 Å². The van der Waals surface area contributed by atoms with Crippen molar-refractivity contribution < 1.29 is 9.53 Å². The summed E-state index contributed by atoms with van der Waals surface area (Å²) in [6.45, 7) is 3.06. The number of hydrogen-bond acceptors (Lipinski definition) is 5. The lowest BCUT2D eigenvalue weighted by molar-refractivity contribution is -0.153. The Morgan fingerprint density at radius 3 is 2.41 bits per heavy atom. The molecule has 7 nitrogen and oxygen atoms in total. The van der Waals surface area contributed by atoms with Gasteiger partial charge in [-0.2, -0.15) is 0 Å². The van der Waals surface area contributed by atoms with E-state index < -0.39 is 0 Å². The summed E-state index contributed by atoms with van der Waals surface area (Å²) in [7, 11) is 5.85. The number of ether oxygens (including phenoxy) is 1. The lowest BCUT2D eigenvalue weighted by Gasteiger charge is -2.44. The van der Waals surface area contributed by atoms with Crippen LogP contribution < -0.4 is 0 Å². The van der Waals surface area contributed by atoms with Crippen molar-refractivity contribution in [3.8, 4) is 0 Å². The maximum atomic E-state index is 13.1. The van der Waals surface area contributed by atoms with Gasteiger partial charge in [0.05, 0.1) is 18.6 Å². The predicted molar refractivity (Wildman–Crippen MR) is 102 cm³/mol. The molecule has 3 aliphatic rings. The monoisotopic (exact) mass is 375 g/mol. The highest BCUT2D eigenvalue weighted by Gasteiger charge is 2.47. The number of carbonyl (C=O) groups excluding carboxylic acids is 1.